The van der Waals surface area contributed by atoms with Gasteiger partial charge in [-0.2, -0.15) is 0 Å². The minimum Gasteiger partial charge on any atom is -0.294 e. The molecule has 0 saturated carbocycles. The van der Waals surface area contributed by atoms with Crippen LogP contribution in [-0.2, 0) is 16.4 Å². The van der Waals surface area contributed by atoms with Crippen LogP contribution in [-0.4, -0.2) is 35.2 Å². The molecule has 158 valence electrons. The fraction of sp³-hybridized carbons (Fsp3) is 0.417. The van der Waals surface area contributed by atoms with E-state index in [2.05, 4.69) is 33.8 Å². The molecule has 30 heavy (non-hydrogen) atoms. The van der Waals surface area contributed by atoms with E-state index in [4.69, 9.17) is 0 Å². The van der Waals surface area contributed by atoms with E-state index < -0.39 is 10.0 Å². The van der Waals surface area contributed by atoms with Gasteiger partial charge in [-0.1, -0.05) is 58.7 Å². The Labute approximate surface area is 187 Å². The fourth-order valence-corrected chi connectivity index (χ4v) is 7.26. The highest BCUT2D eigenvalue weighted by Gasteiger charge is 2.40. The van der Waals surface area contributed by atoms with E-state index in [1.54, 1.807) is 16.1 Å². The van der Waals surface area contributed by atoms with E-state index >= 15 is 0 Å². The molecule has 5 rings (SSSR count). The third-order valence-electron chi connectivity index (χ3n) is 6.87. The van der Waals surface area contributed by atoms with Gasteiger partial charge < -0.3 is 0 Å². The summed E-state index contributed by atoms with van der Waals surface area (Å²) in [4.78, 5) is 3.34. The smallest absolute Gasteiger partial charge is 0.268 e. The molecule has 0 N–H and O–H groups in total. The first kappa shape index (κ1) is 20.3. The zero-order valence-electron chi connectivity index (χ0n) is 17.4. The molecule has 1 saturated heterocycles. The molecule has 3 aromatic rings. The molecule has 3 heterocycles. The van der Waals surface area contributed by atoms with Gasteiger partial charge in [0.1, 0.15) is 0 Å². The van der Waals surface area contributed by atoms with Crippen LogP contribution in [0.25, 0.3) is 10.9 Å². The lowest BCUT2D eigenvalue weighted by Gasteiger charge is -2.44. The number of alkyl halides is 1. The Kier molecular flexibility index (Phi) is 5.07. The molecule has 0 amide bonds. The van der Waals surface area contributed by atoms with Gasteiger partial charge in [-0.25, -0.2) is 12.4 Å². The lowest BCUT2D eigenvalue weighted by Crippen LogP contribution is -2.45. The second kappa shape index (κ2) is 7.50. The van der Waals surface area contributed by atoms with Crippen LogP contribution in [0.2, 0.25) is 0 Å². The molecule has 3 atom stereocenters. The third-order valence-corrected chi connectivity index (χ3v) is 9.36. The maximum absolute atomic E-state index is 13.9. The second-order valence-corrected chi connectivity index (χ2v) is 12.0. The first-order chi connectivity index (χ1) is 14.4. The summed E-state index contributed by atoms with van der Waals surface area (Å²) in [5.41, 5.74) is 4.07. The summed E-state index contributed by atoms with van der Waals surface area (Å²) in [6.45, 7) is 6.21. The van der Waals surface area contributed by atoms with Crippen LogP contribution in [0.1, 0.15) is 42.6 Å². The molecular formula is C24H27BrN2O2S. The number of aromatic nitrogens is 1. The molecule has 0 radical (unpaired) electrons. The van der Waals surface area contributed by atoms with Crippen molar-refractivity contribution in [1.29, 1.82) is 0 Å². The lowest BCUT2D eigenvalue weighted by molar-refractivity contribution is 0.0968. The number of hydrogen-bond donors (Lipinski definition) is 0. The summed E-state index contributed by atoms with van der Waals surface area (Å²) in [5, 5.41) is 1.08. The standard InChI is InChI=1S/C24H27BrN2O2S/c1-16-7-10-19(11-8-16)30(28,29)27-22-6-4-3-5-20(22)21-13-14-26-15-18(17(2)25)9-12-23(26)24(21)27/h3-8,10-11,17-18,23H,9,12-15H2,1-2H3/t17?,18-,23+/m1/s1. The molecule has 1 unspecified atom stereocenters. The predicted molar refractivity (Wildman–Crippen MR) is 125 cm³/mol. The van der Waals surface area contributed by atoms with Crippen molar-refractivity contribution in [2.45, 2.75) is 48.9 Å². The van der Waals surface area contributed by atoms with E-state index in [1.807, 2.05) is 37.3 Å². The van der Waals surface area contributed by atoms with Crippen LogP contribution in [0.15, 0.2) is 53.4 Å². The number of fused-ring (bicyclic) bond motifs is 5. The molecule has 6 heteroatoms. The van der Waals surface area contributed by atoms with Crippen LogP contribution in [0.4, 0.5) is 0 Å². The normalized spacial score (nSPS) is 23.2. The van der Waals surface area contributed by atoms with E-state index in [1.165, 1.54) is 5.56 Å². The number of hydrogen-bond acceptors (Lipinski definition) is 3. The SMILES string of the molecule is Cc1ccc(S(=O)(=O)n2c3c(c4ccccc42)CCN2C[C@H](C(C)Br)CC[C@@H]32)cc1. The Hall–Kier alpha value is -1.63. The van der Waals surface area contributed by atoms with Crippen LogP contribution in [0.3, 0.4) is 0 Å². The van der Waals surface area contributed by atoms with Crippen LogP contribution < -0.4 is 0 Å². The summed E-state index contributed by atoms with van der Waals surface area (Å²) in [6, 6.07) is 15.4. The topological polar surface area (TPSA) is 42.3 Å². The molecular weight excluding hydrogens is 460 g/mol. The van der Waals surface area contributed by atoms with E-state index in [-0.39, 0.29) is 6.04 Å². The summed E-state index contributed by atoms with van der Waals surface area (Å²) in [7, 11) is -3.68. The number of rotatable bonds is 3. The Bertz CT molecular complexity index is 1200. The largest absolute Gasteiger partial charge is 0.294 e. The number of aryl methyl sites for hydroxylation is 1. The molecule has 0 aliphatic carbocycles. The first-order valence-corrected chi connectivity index (χ1v) is 13.1. The molecule has 2 aliphatic rings. The quantitative estimate of drug-likeness (QED) is 0.472. The van der Waals surface area contributed by atoms with Gasteiger partial charge in [0.05, 0.1) is 22.1 Å². The maximum atomic E-state index is 13.9. The van der Waals surface area contributed by atoms with Crippen molar-refractivity contribution in [3.05, 3.63) is 65.4 Å². The molecule has 2 aromatic carbocycles. The minimum atomic E-state index is -3.68. The van der Waals surface area contributed by atoms with Gasteiger partial charge in [-0.05, 0) is 55.9 Å². The minimum absolute atomic E-state index is 0.156. The van der Waals surface area contributed by atoms with E-state index in [0.29, 0.717) is 15.6 Å². The molecule has 1 aromatic heterocycles. The molecule has 0 bridgehead atoms. The molecule has 2 aliphatic heterocycles. The van der Waals surface area contributed by atoms with Crippen LogP contribution in [0, 0.1) is 12.8 Å². The summed E-state index contributed by atoms with van der Waals surface area (Å²) < 4.78 is 29.4. The number of para-hydroxylation sites is 1. The van der Waals surface area contributed by atoms with Gasteiger partial charge in [0.2, 0.25) is 0 Å². The molecule has 4 nitrogen and oxygen atoms in total. The predicted octanol–water partition coefficient (Wildman–Crippen LogP) is 5.28. The molecule has 1 fully saturated rings. The van der Waals surface area contributed by atoms with Crippen molar-refractivity contribution in [3.8, 4) is 0 Å². The van der Waals surface area contributed by atoms with Crippen LogP contribution >= 0.6 is 15.9 Å². The van der Waals surface area contributed by atoms with Crippen molar-refractivity contribution < 1.29 is 8.42 Å². The van der Waals surface area contributed by atoms with Crippen molar-refractivity contribution in [2.75, 3.05) is 13.1 Å². The van der Waals surface area contributed by atoms with Gasteiger partial charge in [-0.3, -0.25) is 4.90 Å². The van der Waals surface area contributed by atoms with Gasteiger partial charge >= 0.3 is 0 Å². The highest BCUT2D eigenvalue weighted by Crippen LogP contribution is 2.44. The molecule has 0 spiro atoms. The average molecular weight is 487 g/mol. The van der Waals surface area contributed by atoms with Crippen LogP contribution in [0.5, 0.6) is 0 Å². The van der Waals surface area contributed by atoms with Gasteiger partial charge in [0.25, 0.3) is 10.0 Å². The third kappa shape index (κ3) is 3.15. The lowest BCUT2D eigenvalue weighted by atomic mass is 9.85. The van der Waals surface area contributed by atoms with Crippen molar-refractivity contribution >= 4 is 36.9 Å². The van der Waals surface area contributed by atoms with Gasteiger partial charge in [0.15, 0.2) is 0 Å². The Morgan fingerprint density at radius 3 is 2.53 bits per heavy atom. The van der Waals surface area contributed by atoms with E-state index in [9.17, 15) is 8.42 Å². The second-order valence-electron chi connectivity index (χ2n) is 8.74. The summed E-state index contributed by atoms with van der Waals surface area (Å²) in [6.07, 6.45) is 3.00. The number of benzene rings is 2. The Balaban J connectivity index is 1.71. The zero-order valence-corrected chi connectivity index (χ0v) is 19.8. The fourth-order valence-electron chi connectivity index (χ4n) is 5.23. The van der Waals surface area contributed by atoms with Crippen molar-refractivity contribution in [3.63, 3.8) is 0 Å². The first-order valence-electron chi connectivity index (χ1n) is 10.7. The number of halogens is 1. The Morgan fingerprint density at radius 1 is 1.07 bits per heavy atom. The average Bonchev–Trinajstić information content (AvgIpc) is 3.09. The monoisotopic (exact) mass is 486 g/mol. The van der Waals surface area contributed by atoms with Crippen molar-refractivity contribution in [2.24, 2.45) is 5.92 Å². The Morgan fingerprint density at radius 2 is 1.80 bits per heavy atom. The van der Waals surface area contributed by atoms with Gasteiger partial charge in [0, 0.05) is 23.3 Å². The number of piperidine rings is 1. The summed E-state index contributed by atoms with van der Waals surface area (Å²) >= 11 is 3.77. The van der Waals surface area contributed by atoms with Crippen molar-refractivity contribution in [1.82, 2.24) is 8.87 Å². The summed E-state index contributed by atoms with van der Waals surface area (Å²) in [5.74, 6) is 0.606. The van der Waals surface area contributed by atoms with Gasteiger partial charge in [-0.15, -0.1) is 0 Å². The number of nitrogens with zero attached hydrogens (tertiary/aromatic N) is 2. The zero-order chi connectivity index (χ0) is 21.0. The highest BCUT2D eigenvalue weighted by atomic mass is 79.9. The highest BCUT2D eigenvalue weighted by molar-refractivity contribution is 9.09. The van der Waals surface area contributed by atoms with E-state index in [0.717, 1.165) is 54.5 Å². The maximum Gasteiger partial charge on any atom is 0.268 e.